The van der Waals surface area contributed by atoms with Gasteiger partial charge in [0.15, 0.2) is 22.8 Å². The van der Waals surface area contributed by atoms with Gasteiger partial charge in [-0.2, -0.15) is 5.06 Å². The number of aromatic nitrogens is 4. The molecule has 2 aromatic rings. The molecule has 124 valence electrons. The molecule has 0 aliphatic carbocycles. The predicted octanol–water partition coefficient (Wildman–Crippen LogP) is 1.77. The lowest BCUT2D eigenvalue weighted by molar-refractivity contribution is -0.188. The first kappa shape index (κ1) is 15.2. The highest BCUT2D eigenvalue weighted by Gasteiger charge is 2.44. The second-order valence-electron chi connectivity index (χ2n) is 6.26. The maximum Gasteiger partial charge on any atom is 0.166 e. The van der Waals surface area contributed by atoms with Gasteiger partial charge in [-0.1, -0.05) is 11.6 Å². The van der Waals surface area contributed by atoms with Gasteiger partial charge in [-0.3, -0.25) is 9.40 Å². The van der Waals surface area contributed by atoms with Crippen molar-refractivity contribution >= 4 is 22.8 Å². The summed E-state index contributed by atoms with van der Waals surface area (Å²) in [4.78, 5) is 18.5. The van der Waals surface area contributed by atoms with Crippen molar-refractivity contribution in [1.29, 1.82) is 0 Å². The molecule has 0 bridgehead atoms. The van der Waals surface area contributed by atoms with Gasteiger partial charge < -0.3 is 9.47 Å². The molecular weight excluding hydrogens is 322 g/mol. The Morgan fingerprint density at radius 1 is 1.30 bits per heavy atom. The van der Waals surface area contributed by atoms with E-state index in [9.17, 15) is 0 Å². The summed E-state index contributed by atoms with van der Waals surface area (Å²) >= 11 is 6.05. The van der Waals surface area contributed by atoms with Crippen molar-refractivity contribution in [2.45, 2.75) is 44.4 Å². The van der Waals surface area contributed by atoms with E-state index in [4.69, 9.17) is 25.9 Å². The van der Waals surface area contributed by atoms with E-state index in [2.05, 4.69) is 15.0 Å². The Morgan fingerprint density at radius 2 is 2.13 bits per heavy atom. The number of likely N-dealkylation sites (N-methyl/N-ethyl adjacent to an activating group) is 1. The molecule has 3 atom stereocenters. The number of fused-ring (bicyclic) bond motifs is 1. The van der Waals surface area contributed by atoms with Crippen LogP contribution in [0.5, 0.6) is 0 Å². The van der Waals surface area contributed by atoms with Crippen LogP contribution < -0.4 is 0 Å². The van der Waals surface area contributed by atoms with E-state index in [1.54, 1.807) is 6.33 Å². The Labute approximate surface area is 138 Å². The van der Waals surface area contributed by atoms with Gasteiger partial charge in [-0.05, 0) is 13.8 Å². The van der Waals surface area contributed by atoms with Crippen molar-refractivity contribution in [3.63, 3.8) is 0 Å². The number of rotatable bonds is 2. The molecule has 0 unspecified atom stereocenters. The minimum atomic E-state index is -0.550. The van der Waals surface area contributed by atoms with Gasteiger partial charge >= 0.3 is 0 Å². The summed E-state index contributed by atoms with van der Waals surface area (Å²) in [7, 11) is 1.90. The van der Waals surface area contributed by atoms with Crippen LogP contribution in [0.4, 0.5) is 0 Å². The zero-order valence-electron chi connectivity index (χ0n) is 13.1. The van der Waals surface area contributed by atoms with Crippen molar-refractivity contribution < 1.29 is 14.3 Å². The van der Waals surface area contributed by atoms with E-state index in [-0.39, 0.29) is 18.4 Å². The van der Waals surface area contributed by atoms with Crippen molar-refractivity contribution in [1.82, 2.24) is 24.6 Å². The topological polar surface area (TPSA) is 74.5 Å². The maximum absolute atomic E-state index is 6.05. The number of imidazole rings is 1. The summed E-state index contributed by atoms with van der Waals surface area (Å²) in [6.45, 7) is 4.39. The van der Waals surface area contributed by atoms with E-state index in [0.29, 0.717) is 22.9 Å². The van der Waals surface area contributed by atoms with Gasteiger partial charge in [-0.15, -0.1) is 0 Å². The smallest absolute Gasteiger partial charge is 0.166 e. The first-order valence-corrected chi connectivity index (χ1v) is 7.87. The lowest BCUT2D eigenvalue weighted by atomic mass is 10.1. The molecule has 0 radical (unpaired) electrons. The molecule has 2 saturated heterocycles. The van der Waals surface area contributed by atoms with Crippen molar-refractivity contribution in [2.75, 3.05) is 13.7 Å². The highest BCUT2D eigenvalue weighted by atomic mass is 35.5. The molecule has 0 saturated carbocycles. The third kappa shape index (κ3) is 2.60. The fourth-order valence-electron chi connectivity index (χ4n) is 3.16. The zero-order valence-corrected chi connectivity index (χ0v) is 13.9. The average molecular weight is 340 g/mol. The van der Waals surface area contributed by atoms with Crippen LogP contribution in [0.25, 0.3) is 11.2 Å². The largest absolute Gasteiger partial charge is 0.348 e. The van der Waals surface area contributed by atoms with Crippen LogP contribution in [-0.2, 0) is 14.3 Å². The second kappa shape index (κ2) is 5.35. The number of hydrogen-bond acceptors (Lipinski definition) is 7. The summed E-state index contributed by atoms with van der Waals surface area (Å²) in [5, 5.41) is 2.17. The quantitative estimate of drug-likeness (QED) is 0.772. The molecule has 8 nitrogen and oxygen atoms in total. The van der Waals surface area contributed by atoms with Gasteiger partial charge in [0.2, 0.25) is 0 Å². The van der Waals surface area contributed by atoms with Crippen LogP contribution in [0.3, 0.4) is 0 Å². The molecule has 0 aromatic carbocycles. The molecule has 4 heterocycles. The lowest BCUT2D eigenvalue weighted by Crippen LogP contribution is -2.38. The van der Waals surface area contributed by atoms with Crippen LogP contribution in [0, 0.1) is 0 Å². The molecule has 2 aromatic heterocycles. The second-order valence-corrected chi connectivity index (χ2v) is 6.62. The standard InChI is InChI=1S/C14H18ClN5O3/c1-14(2)21-5-9(22-14)8-4-10(23-19(8)3)20-7-18-11-12(15)16-6-17-13(11)20/h6-10H,4-5H2,1-3H3/t8-,9-,10+/m1/s1. The molecule has 2 aliphatic heterocycles. The fraction of sp³-hybridized carbons (Fsp3) is 0.643. The normalized spacial score (nSPS) is 31.2. The average Bonchev–Trinajstić information content (AvgIpc) is 3.16. The third-order valence-electron chi connectivity index (χ3n) is 4.28. The van der Waals surface area contributed by atoms with E-state index < -0.39 is 5.79 Å². The Hall–Kier alpha value is -1.32. The highest BCUT2D eigenvalue weighted by Crippen LogP contribution is 2.36. The Balaban J connectivity index is 1.58. The summed E-state index contributed by atoms with van der Waals surface area (Å²) in [5.41, 5.74) is 1.23. The minimum absolute atomic E-state index is 0.0343. The molecular formula is C14H18ClN5O3. The molecule has 4 rings (SSSR count). The maximum atomic E-state index is 6.05. The summed E-state index contributed by atoms with van der Waals surface area (Å²) in [5.74, 6) is -0.550. The van der Waals surface area contributed by atoms with E-state index in [1.807, 2.05) is 30.5 Å². The van der Waals surface area contributed by atoms with E-state index >= 15 is 0 Å². The molecule has 2 fully saturated rings. The Morgan fingerprint density at radius 3 is 2.87 bits per heavy atom. The minimum Gasteiger partial charge on any atom is -0.348 e. The van der Waals surface area contributed by atoms with E-state index in [0.717, 1.165) is 6.42 Å². The zero-order chi connectivity index (χ0) is 16.2. The van der Waals surface area contributed by atoms with Crippen molar-refractivity contribution in [3.8, 4) is 0 Å². The van der Waals surface area contributed by atoms with Crippen LogP contribution >= 0.6 is 11.6 Å². The van der Waals surface area contributed by atoms with Crippen LogP contribution in [0.15, 0.2) is 12.7 Å². The third-order valence-corrected chi connectivity index (χ3v) is 4.56. The summed E-state index contributed by atoms with van der Waals surface area (Å²) in [6, 6.07) is 0.0940. The van der Waals surface area contributed by atoms with Crippen LogP contribution in [0.2, 0.25) is 5.15 Å². The molecule has 2 aliphatic rings. The van der Waals surface area contributed by atoms with Crippen molar-refractivity contribution in [2.24, 2.45) is 0 Å². The number of ether oxygens (including phenoxy) is 2. The molecule has 9 heteroatoms. The van der Waals surface area contributed by atoms with Gasteiger partial charge in [0.05, 0.1) is 19.0 Å². The molecule has 23 heavy (non-hydrogen) atoms. The number of hydroxylamine groups is 2. The van der Waals surface area contributed by atoms with Gasteiger partial charge in [0.1, 0.15) is 17.9 Å². The molecule has 0 spiro atoms. The Bertz CT molecular complexity index is 736. The predicted molar refractivity (Wildman–Crippen MR) is 81.5 cm³/mol. The first-order valence-electron chi connectivity index (χ1n) is 7.49. The monoisotopic (exact) mass is 339 g/mol. The molecule has 0 amide bonds. The fourth-order valence-corrected chi connectivity index (χ4v) is 3.33. The highest BCUT2D eigenvalue weighted by molar-refractivity contribution is 6.33. The number of hydrogen-bond donors (Lipinski definition) is 0. The van der Waals surface area contributed by atoms with Crippen LogP contribution in [-0.4, -0.2) is 56.2 Å². The SMILES string of the molecule is CN1O[C@H](n2cnc3c(Cl)ncnc32)C[C@@H]1[C@H]1COC(C)(C)O1. The summed E-state index contributed by atoms with van der Waals surface area (Å²) < 4.78 is 13.5. The first-order chi connectivity index (χ1) is 10.9. The summed E-state index contributed by atoms with van der Waals surface area (Å²) in [6.07, 6.45) is 3.60. The van der Waals surface area contributed by atoms with E-state index in [1.165, 1.54) is 6.33 Å². The van der Waals surface area contributed by atoms with Crippen molar-refractivity contribution in [3.05, 3.63) is 17.8 Å². The van der Waals surface area contributed by atoms with Crippen LogP contribution in [0.1, 0.15) is 26.5 Å². The van der Waals surface area contributed by atoms with Gasteiger partial charge in [0, 0.05) is 13.5 Å². The number of halogens is 1. The lowest BCUT2D eigenvalue weighted by Gasteiger charge is -2.23. The molecule has 0 N–H and O–H groups in total. The van der Waals surface area contributed by atoms with Gasteiger partial charge in [0.25, 0.3) is 0 Å². The Kier molecular flexibility index (Phi) is 3.54. The number of nitrogens with zero attached hydrogens (tertiary/aromatic N) is 5. The van der Waals surface area contributed by atoms with Gasteiger partial charge in [-0.25, -0.2) is 15.0 Å².